The first kappa shape index (κ1) is 12.7. The lowest BCUT2D eigenvalue weighted by Gasteiger charge is -1.98. The fraction of sp³-hybridized carbons (Fsp3) is 0.917. The summed E-state index contributed by atoms with van der Waals surface area (Å²) >= 11 is 0. The van der Waals surface area contributed by atoms with Crippen LogP contribution >= 0.6 is 0 Å². The third kappa shape index (κ3) is 9.59. The van der Waals surface area contributed by atoms with Crippen LogP contribution in [0.3, 0.4) is 0 Å². The molecule has 0 aliphatic rings. The Hall–Kier alpha value is -0.330. The van der Waals surface area contributed by atoms with Gasteiger partial charge in [-0.3, -0.25) is 0 Å². The molecule has 0 aliphatic carbocycles. The van der Waals surface area contributed by atoms with Crippen LogP contribution in [0.25, 0.3) is 0 Å². The predicted octanol–water partition coefficient (Wildman–Crippen LogP) is 3.47. The van der Waals surface area contributed by atoms with Gasteiger partial charge < -0.3 is 0 Å². The monoisotopic (exact) mass is 184 g/mol. The summed E-state index contributed by atoms with van der Waals surface area (Å²) in [4.78, 5) is 0. The van der Waals surface area contributed by atoms with Crippen LogP contribution in [0.4, 0.5) is 0 Å². The molecule has 0 unspecified atom stereocenters. The van der Waals surface area contributed by atoms with Gasteiger partial charge in [-0.15, -0.1) is 0 Å². The Morgan fingerprint density at radius 2 is 1.54 bits per heavy atom. The minimum absolute atomic E-state index is 1.16. The molecule has 0 aromatic carbocycles. The molecule has 0 atom stereocenters. The van der Waals surface area contributed by atoms with Crippen molar-refractivity contribution in [1.82, 2.24) is 0 Å². The Labute approximate surface area is 83.9 Å². The fourth-order valence-corrected chi connectivity index (χ4v) is 1.54. The second-order valence-electron chi connectivity index (χ2n) is 3.84. The van der Waals surface area contributed by atoms with Crippen molar-refractivity contribution >= 4 is 6.21 Å². The minimum Gasteiger partial charge on any atom is -0.242 e. The Morgan fingerprint density at radius 1 is 0.923 bits per heavy atom. The topological polar surface area (TPSA) is 3.01 Å². The first-order valence-corrected chi connectivity index (χ1v) is 5.84. The fourth-order valence-electron chi connectivity index (χ4n) is 1.54. The summed E-state index contributed by atoms with van der Waals surface area (Å²) in [5.41, 5.74) is 0. The van der Waals surface area contributed by atoms with Crippen molar-refractivity contribution in [2.75, 3.05) is 13.6 Å². The van der Waals surface area contributed by atoms with E-state index in [-0.39, 0.29) is 0 Å². The summed E-state index contributed by atoms with van der Waals surface area (Å²) in [6.45, 7) is 5.70. The minimum atomic E-state index is 1.16. The Balaban J connectivity index is 3.11. The molecule has 0 fully saturated rings. The smallest absolute Gasteiger partial charge is 0.142 e. The normalized spacial score (nSPS) is 12.1. The second kappa shape index (κ2) is 9.76. The molecule has 0 N–H and O–H groups in total. The van der Waals surface area contributed by atoms with Crippen molar-refractivity contribution < 1.29 is 4.58 Å². The molecule has 0 aromatic heterocycles. The van der Waals surface area contributed by atoms with Crippen LogP contribution in [-0.4, -0.2) is 24.4 Å². The van der Waals surface area contributed by atoms with Crippen molar-refractivity contribution in [3.05, 3.63) is 0 Å². The summed E-state index contributed by atoms with van der Waals surface area (Å²) in [6.07, 6.45) is 11.8. The van der Waals surface area contributed by atoms with E-state index in [1.807, 2.05) is 0 Å². The number of unbranched alkanes of at least 4 members (excludes halogenated alkanes) is 5. The summed E-state index contributed by atoms with van der Waals surface area (Å²) in [6, 6.07) is 0. The SMILES string of the molecule is CCC=[N+](C)CCCCCCCC. The van der Waals surface area contributed by atoms with Crippen LogP contribution < -0.4 is 0 Å². The van der Waals surface area contributed by atoms with Crippen LogP contribution in [0, 0.1) is 0 Å². The standard InChI is InChI=1S/C12H26N/c1-4-6-7-8-9-10-12-13(3)11-5-2/h11H,4-10,12H2,1-3H3/q+1. The average molecular weight is 184 g/mol. The largest absolute Gasteiger partial charge is 0.242 e. The van der Waals surface area contributed by atoms with E-state index in [1.165, 1.54) is 45.1 Å². The molecule has 1 heteroatoms. The van der Waals surface area contributed by atoms with Gasteiger partial charge in [0.2, 0.25) is 0 Å². The van der Waals surface area contributed by atoms with Crippen LogP contribution in [0.15, 0.2) is 0 Å². The molecule has 0 bridgehead atoms. The zero-order valence-electron chi connectivity index (χ0n) is 9.68. The molecule has 0 aliphatic heterocycles. The lowest BCUT2D eigenvalue weighted by atomic mass is 10.1. The predicted molar refractivity (Wildman–Crippen MR) is 60.8 cm³/mol. The molecular weight excluding hydrogens is 158 g/mol. The van der Waals surface area contributed by atoms with Crippen molar-refractivity contribution in [3.63, 3.8) is 0 Å². The molecule has 0 aromatic rings. The zero-order chi connectivity index (χ0) is 9.94. The van der Waals surface area contributed by atoms with Gasteiger partial charge in [0.1, 0.15) is 19.8 Å². The van der Waals surface area contributed by atoms with Crippen molar-refractivity contribution in [3.8, 4) is 0 Å². The van der Waals surface area contributed by atoms with Gasteiger partial charge in [-0.2, -0.15) is 0 Å². The molecular formula is C12H26N+. The van der Waals surface area contributed by atoms with E-state index < -0.39 is 0 Å². The maximum Gasteiger partial charge on any atom is 0.142 e. The molecule has 1 nitrogen and oxygen atoms in total. The molecule has 0 spiro atoms. The Bertz CT molecular complexity index is 127. The van der Waals surface area contributed by atoms with E-state index in [9.17, 15) is 0 Å². The third-order valence-electron chi connectivity index (χ3n) is 2.36. The summed E-state index contributed by atoms with van der Waals surface area (Å²) in [7, 11) is 2.18. The van der Waals surface area contributed by atoms with Gasteiger partial charge >= 0.3 is 0 Å². The van der Waals surface area contributed by atoms with Crippen LogP contribution in [0.5, 0.6) is 0 Å². The van der Waals surface area contributed by atoms with E-state index in [2.05, 4.69) is 31.7 Å². The summed E-state index contributed by atoms with van der Waals surface area (Å²) in [5.74, 6) is 0. The lowest BCUT2D eigenvalue weighted by Crippen LogP contribution is -2.08. The van der Waals surface area contributed by atoms with E-state index in [0.29, 0.717) is 0 Å². The second-order valence-corrected chi connectivity index (χ2v) is 3.84. The van der Waals surface area contributed by atoms with Gasteiger partial charge in [-0.05, 0) is 6.42 Å². The highest BCUT2D eigenvalue weighted by atomic mass is 14.9. The zero-order valence-corrected chi connectivity index (χ0v) is 9.68. The molecule has 0 amide bonds. The first-order chi connectivity index (χ1) is 6.31. The molecule has 0 saturated heterocycles. The summed E-state index contributed by atoms with van der Waals surface area (Å²) in [5, 5.41) is 0. The van der Waals surface area contributed by atoms with Crippen LogP contribution in [0.2, 0.25) is 0 Å². The maximum absolute atomic E-state index is 2.32. The molecule has 0 saturated carbocycles. The molecule has 0 rings (SSSR count). The van der Waals surface area contributed by atoms with Crippen LogP contribution in [-0.2, 0) is 0 Å². The average Bonchev–Trinajstić information content (AvgIpc) is 2.11. The highest BCUT2D eigenvalue weighted by Crippen LogP contribution is 2.04. The Kier molecular flexibility index (Phi) is 9.51. The van der Waals surface area contributed by atoms with E-state index in [0.717, 1.165) is 6.42 Å². The van der Waals surface area contributed by atoms with Gasteiger partial charge in [-0.25, -0.2) is 4.58 Å². The number of nitrogens with zero attached hydrogens (tertiary/aromatic N) is 1. The molecule has 78 valence electrons. The van der Waals surface area contributed by atoms with Crippen LogP contribution in [0.1, 0.15) is 58.8 Å². The number of rotatable bonds is 8. The van der Waals surface area contributed by atoms with Crippen molar-refractivity contribution in [2.45, 2.75) is 58.8 Å². The van der Waals surface area contributed by atoms with E-state index in [1.54, 1.807) is 0 Å². The van der Waals surface area contributed by atoms with E-state index >= 15 is 0 Å². The van der Waals surface area contributed by atoms with Gasteiger partial charge in [0.15, 0.2) is 0 Å². The third-order valence-corrected chi connectivity index (χ3v) is 2.36. The Morgan fingerprint density at radius 3 is 2.15 bits per heavy atom. The lowest BCUT2D eigenvalue weighted by molar-refractivity contribution is -0.494. The molecule has 0 radical (unpaired) electrons. The highest BCUT2D eigenvalue weighted by molar-refractivity contribution is 5.50. The van der Waals surface area contributed by atoms with Gasteiger partial charge in [-0.1, -0.05) is 39.5 Å². The number of hydrogen-bond acceptors (Lipinski definition) is 0. The van der Waals surface area contributed by atoms with Gasteiger partial charge in [0.25, 0.3) is 0 Å². The van der Waals surface area contributed by atoms with E-state index in [4.69, 9.17) is 0 Å². The molecule has 0 heterocycles. The maximum atomic E-state index is 2.32. The number of hydrogen-bond donors (Lipinski definition) is 0. The quantitative estimate of drug-likeness (QED) is 0.309. The van der Waals surface area contributed by atoms with Crippen molar-refractivity contribution in [2.24, 2.45) is 0 Å². The first-order valence-electron chi connectivity index (χ1n) is 5.84. The van der Waals surface area contributed by atoms with Gasteiger partial charge in [0.05, 0.1) is 0 Å². The van der Waals surface area contributed by atoms with Gasteiger partial charge in [0, 0.05) is 12.8 Å². The summed E-state index contributed by atoms with van der Waals surface area (Å²) < 4.78 is 2.32. The highest BCUT2D eigenvalue weighted by Gasteiger charge is 1.95. The molecule has 13 heavy (non-hydrogen) atoms. The van der Waals surface area contributed by atoms with Crippen molar-refractivity contribution in [1.29, 1.82) is 0 Å².